The van der Waals surface area contributed by atoms with Crippen molar-refractivity contribution in [1.29, 1.82) is 0 Å². The Balaban J connectivity index is 1.86. The standard InChI is InChI=1S/C17H22N2O2/c1-12(18)17-11-19(8-9-21-17)10-15-14-5-3-2-4-13(14)6-7-16(15)20/h2-7,12,17,20H,8-11,18H2,1H3. The molecule has 4 heteroatoms. The Hall–Kier alpha value is -1.62. The van der Waals surface area contributed by atoms with E-state index >= 15 is 0 Å². The molecule has 1 fully saturated rings. The van der Waals surface area contributed by atoms with Gasteiger partial charge in [0.15, 0.2) is 0 Å². The van der Waals surface area contributed by atoms with E-state index in [1.54, 1.807) is 6.07 Å². The van der Waals surface area contributed by atoms with Crippen LogP contribution in [0.2, 0.25) is 0 Å². The third kappa shape index (κ3) is 3.02. The highest BCUT2D eigenvalue weighted by atomic mass is 16.5. The van der Waals surface area contributed by atoms with Crippen molar-refractivity contribution in [3.63, 3.8) is 0 Å². The van der Waals surface area contributed by atoms with Gasteiger partial charge in [0.2, 0.25) is 0 Å². The second kappa shape index (κ2) is 6.02. The third-order valence-electron chi connectivity index (χ3n) is 4.16. The minimum Gasteiger partial charge on any atom is -0.508 e. The summed E-state index contributed by atoms with van der Waals surface area (Å²) in [5, 5.41) is 12.5. The Bertz CT molecular complexity index is 627. The van der Waals surface area contributed by atoms with Gasteiger partial charge in [-0.25, -0.2) is 0 Å². The van der Waals surface area contributed by atoms with Crippen LogP contribution in [0.5, 0.6) is 5.75 Å². The molecule has 2 aromatic rings. The zero-order valence-electron chi connectivity index (χ0n) is 12.3. The molecule has 0 saturated carbocycles. The van der Waals surface area contributed by atoms with Crippen LogP contribution >= 0.6 is 0 Å². The number of fused-ring (bicyclic) bond motifs is 1. The van der Waals surface area contributed by atoms with E-state index in [0.717, 1.165) is 36.0 Å². The maximum Gasteiger partial charge on any atom is 0.120 e. The highest BCUT2D eigenvalue weighted by molar-refractivity contribution is 5.87. The second-order valence-corrected chi connectivity index (χ2v) is 5.79. The van der Waals surface area contributed by atoms with Gasteiger partial charge in [0.1, 0.15) is 5.75 Å². The zero-order chi connectivity index (χ0) is 14.8. The lowest BCUT2D eigenvalue weighted by atomic mass is 10.0. The van der Waals surface area contributed by atoms with Gasteiger partial charge in [-0.15, -0.1) is 0 Å². The molecular weight excluding hydrogens is 264 g/mol. The van der Waals surface area contributed by atoms with Crippen molar-refractivity contribution in [1.82, 2.24) is 4.90 Å². The maximum atomic E-state index is 10.2. The van der Waals surface area contributed by atoms with E-state index in [1.165, 1.54) is 0 Å². The van der Waals surface area contributed by atoms with Crippen LogP contribution in [0.3, 0.4) is 0 Å². The van der Waals surface area contributed by atoms with E-state index in [9.17, 15) is 5.11 Å². The number of phenolic OH excluding ortho intramolecular Hbond substituents is 1. The van der Waals surface area contributed by atoms with Gasteiger partial charge >= 0.3 is 0 Å². The zero-order valence-corrected chi connectivity index (χ0v) is 12.3. The Labute approximate surface area is 125 Å². The molecule has 0 spiro atoms. The molecule has 2 atom stereocenters. The van der Waals surface area contributed by atoms with Crippen LogP contribution in [-0.4, -0.2) is 41.8 Å². The monoisotopic (exact) mass is 286 g/mol. The van der Waals surface area contributed by atoms with E-state index < -0.39 is 0 Å². The summed E-state index contributed by atoms with van der Waals surface area (Å²) >= 11 is 0. The predicted molar refractivity (Wildman–Crippen MR) is 84.3 cm³/mol. The highest BCUT2D eigenvalue weighted by Crippen LogP contribution is 2.28. The van der Waals surface area contributed by atoms with Gasteiger partial charge in [0, 0.05) is 31.2 Å². The maximum absolute atomic E-state index is 10.2. The molecule has 3 rings (SSSR count). The van der Waals surface area contributed by atoms with Crippen molar-refractivity contribution in [2.45, 2.75) is 25.6 Å². The van der Waals surface area contributed by atoms with E-state index in [-0.39, 0.29) is 12.1 Å². The lowest BCUT2D eigenvalue weighted by Crippen LogP contribution is -2.49. The Morgan fingerprint density at radius 3 is 2.95 bits per heavy atom. The SMILES string of the molecule is CC(N)C1CN(Cc2c(O)ccc3ccccc23)CCO1. The summed E-state index contributed by atoms with van der Waals surface area (Å²) in [4.78, 5) is 2.30. The Morgan fingerprint density at radius 1 is 1.33 bits per heavy atom. The molecule has 2 unspecified atom stereocenters. The topological polar surface area (TPSA) is 58.7 Å². The average Bonchev–Trinajstić information content (AvgIpc) is 2.50. The number of hydrogen-bond donors (Lipinski definition) is 2. The van der Waals surface area contributed by atoms with Crippen LogP contribution in [0.25, 0.3) is 10.8 Å². The quantitative estimate of drug-likeness (QED) is 0.907. The van der Waals surface area contributed by atoms with Gasteiger partial charge in [-0.3, -0.25) is 4.90 Å². The van der Waals surface area contributed by atoms with Gasteiger partial charge < -0.3 is 15.6 Å². The van der Waals surface area contributed by atoms with E-state index in [0.29, 0.717) is 12.4 Å². The molecule has 0 radical (unpaired) electrons. The fraction of sp³-hybridized carbons (Fsp3) is 0.412. The number of hydrogen-bond acceptors (Lipinski definition) is 4. The van der Waals surface area contributed by atoms with Crippen LogP contribution < -0.4 is 5.73 Å². The van der Waals surface area contributed by atoms with Gasteiger partial charge in [-0.2, -0.15) is 0 Å². The van der Waals surface area contributed by atoms with Crippen molar-refractivity contribution >= 4 is 10.8 Å². The van der Waals surface area contributed by atoms with Crippen LogP contribution in [0.1, 0.15) is 12.5 Å². The number of rotatable bonds is 3. The molecule has 0 amide bonds. The molecule has 0 bridgehead atoms. The molecule has 0 aromatic heterocycles. The number of phenols is 1. The molecule has 3 N–H and O–H groups in total. The number of nitrogens with zero attached hydrogens (tertiary/aromatic N) is 1. The van der Waals surface area contributed by atoms with Gasteiger partial charge in [0.05, 0.1) is 12.7 Å². The normalized spacial score (nSPS) is 21.5. The molecule has 1 saturated heterocycles. The second-order valence-electron chi connectivity index (χ2n) is 5.79. The van der Waals surface area contributed by atoms with E-state index in [1.807, 2.05) is 25.1 Å². The first kappa shape index (κ1) is 14.3. The lowest BCUT2D eigenvalue weighted by Gasteiger charge is -2.35. The Kier molecular flexibility index (Phi) is 4.10. The minimum absolute atomic E-state index is 0.0221. The third-order valence-corrected chi connectivity index (χ3v) is 4.16. The molecule has 0 aliphatic carbocycles. The Morgan fingerprint density at radius 2 is 2.14 bits per heavy atom. The summed E-state index contributed by atoms with van der Waals surface area (Å²) in [5.74, 6) is 0.359. The highest BCUT2D eigenvalue weighted by Gasteiger charge is 2.24. The molecular formula is C17H22N2O2. The first-order chi connectivity index (χ1) is 10.1. The van der Waals surface area contributed by atoms with Crippen molar-refractivity contribution in [2.24, 2.45) is 5.73 Å². The molecule has 1 heterocycles. The number of morpholine rings is 1. The molecule has 1 aliphatic heterocycles. The van der Waals surface area contributed by atoms with E-state index in [2.05, 4.69) is 17.0 Å². The average molecular weight is 286 g/mol. The fourth-order valence-corrected chi connectivity index (χ4v) is 2.91. The lowest BCUT2D eigenvalue weighted by molar-refractivity contribution is -0.0403. The largest absolute Gasteiger partial charge is 0.508 e. The van der Waals surface area contributed by atoms with Crippen molar-refractivity contribution < 1.29 is 9.84 Å². The van der Waals surface area contributed by atoms with Crippen LogP contribution in [0.15, 0.2) is 36.4 Å². The van der Waals surface area contributed by atoms with Gasteiger partial charge in [0.25, 0.3) is 0 Å². The predicted octanol–water partition coefficient (Wildman–Crippen LogP) is 2.09. The van der Waals surface area contributed by atoms with Crippen LogP contribution in [0.4, 0.5) is 0 Å². The molecule has 1 aliphatic rings. The summed E-state index contributed by atoms with van der Waals surface area (Å²) in [6, 6.07) is 11.9. The van der Waals surface area contributed by atoms with Crippen molar-refractivity contribution in [3.05, 3.63) is 42.0 Å². The number of benzene rings is 2. The van der Waals surface area contributed by atoms with Crippen LogP contribution in [0, 0.1) is 0 Å². The summed E-state index contributed by atoms with van der Waals surface area (Å²) in [7, 11) is 0. The number of ether oxygens (including phenoxy) is 1. The number of aromatic hydroxyl groups is 1. The fourth-order valence-electron chi connectivity index (χ4n) is 2.91. The van der Waals surface area contributed by atoms with Gasteiger partial charge in [-0.05, 0) is 23.8 Å². The van der Waals surface area contributed by atoms with E-state index in [4.69, 9.17) is 10.5 Å². The number of nitrogens with two attached hydrogens (primary N) is 1. The summed E-state index contributed by atoms with van der Waals surface area (Å²) in [5.41, 5.74) is 6.93. The molecule has 112 valence electrons. The minimum atomic E-state index is 0.0221. The first-order valence-electron chi connectivity index (χ1n) is 7.44. The molecule has 4 nitrogen and oxygen atoms in total. The first-order valence-corrected chi connectivity index (χ1v) is 7.44. The summed E-state index contributed by atoms with van der Waals surface area (Å²) in [6.07, 6.45) is 0.0656. The smallest absolute Gasteiger partial charge is 0.120 e. The van der Waals surface area contributed by atoms with Gasteiger partial charge in [-0.1, -0.05) is 30.3 Å². The molecule has 2 aromatic carbocycles. The van der Waals surface area contributed by atoms with Crippen LogP contribution in [-0.2, 0) is 11.3 Å². The summed E-state index contributed by atoms with van der Waals surface area (Å²) in [6.45, 7) is 5.06. The molecule has 21 heavy (non-hydrogen) atoms. The summed E-state index contributed by atoms with van der Waals surface area (Å²) < 4.78 is 5.70. The van der Waals surface area contributed by atoms with Crippen molar-refractivity contribution in [3.8, 4) is 5.75 Å². The van der Waals surface area contributed by atoms with Crippen molar-refractivity contribution in [2.75, 3.05) is 19.7 Å².